The van der Waals surface area contributed by atoms with Crippen LogP contribution in [-0.2, 0) is 0 Å². The number of hydrogen-bond donors (Lipinski definition) is 1. The largest absolute Gasteiger partial charge is 0.351 e. The van der Waals surface area contributed by atoms with E-state index in [1.165, 1.54) is 17.7 Å². The maximum atomic E-state index is 4.54. The molecule has 0 aliphatic carbocycles. The molecule has 1 rings (SSSR count). The molecule has 1 heterocycles. The van der Waals surface area contributed by atoms with E-state index in [0.29, 0.717) is 6.04 Å². The number of thiazole rings is 1. The smallest absolute Gasteiger partial charge is 0.185 e. The SMILES string of the molecule is CCCNC(C)c1cnc(N(C)CC(C)CC)s1. The molecule has 3 nitrogen and oxygen atoms in total. The van der Waals surface area contributed by atoms with Gasteiger partial charge in [-0.3, -0.25) is 0 Å². The number of aromatic nitrogens is 1. The normalized spacial score (nSPS) is 14.5. The van der Waals surface area contributed by atoms with Gasteiger partial charge in [0.2, 0.25) is 0 Å². The van der Waals surface area contributed by atoms with Crippen LogP contribution in [0.3, 0.4) is 0 Å². The number of rotatable bonds is 8. The van der Waals surface area contributed by atoms with Crippen LogP contribution in [0.2, 0.25) is 0 Å². The molecule has 1 N–H and O–H groups in total. The monoisotopic (exact) mass is 269 g/mol. The highest BCUT2D eigenvalue weighted by atomic mass is 32.1. The zero-order chi connectivity index (χ0) is 13.5. The van der Waals surface area contributed by atoms with E-state index >= 15 is 0 Å². The molecule has 2 atom stereocenters. The topological polar surface area (TPSA) is 28.2 Å². The molecule has 0 aromatic carbocycles. The fourth-order valence-corrected chi connectivity index (χ4v) is 2.70. The minimum Gasteiger partial charge on any atom is -0.351 e. The van der Waals surface area contributed by atoms with Crippen LogP contribution in [0.1, 0.15) is 51.5 Å². The highest BCUT2D eigenvalue weighted by Crippen LogP contribution is 2.27. The van der Waals surface area contributed by atoms with E-state index in [2.05, 4.69) is 49.9 Å². The van der Waals surface area contributed by atoms with Crippen LogP contribution in [0, 0.1) is 5.92 Å². The molecule has 0 amide bonds. The molecule has 0 saturated heterocycles. The van der Waals surface area contributed by atoms with Gasteiger partial charge in [0, 0.05) is 30.7 Å². The molecule has 1 aromatic rings. The van der Waals surface area contributed by atoms with Gasteiger partial charge in [-0.15, -0.1) is 11.3 Å². The van der Waals surface area contributed by atoms with Crippen LogP contribution in [0.5, 0.6) is 0 Å². The van der Waals surface area contributed by atoms with Crippen molar-refractivity contribution in [2.45, 2.75) is 46.6 Å². The Balaban J connectivity index is 2.56. The van der Waals surface area contributed by atoms with Gasteiger partial charge < -0.3 is 10.2 Å². The standard InChI is InChI=1S/C14H27N3S/c1-6-8-15-12(4)13-9-16-14(18-13)17(5)10-11(3)7-2/h9,11-12,15H,6-8,10H2,1-5H3. The average Bonchev–Trinajstić information content (AvgIpc) is 2.85. The van der Waals surface area contributed by atoms with Gasteiger partial charge in [-0.25, -0.2) is 4.98 Å². The zero-order valence-corrected chi connectivity index (χ0v) is 13.2. The van der Waals surface area contributed by atoms with Gasteiger partial charge in [-0.05, 0) is 25.8 Å². The maximum Gasteiger partial charge on any atom is 0.185 e. The second-order valence-corrected chi connectivity index (χ2v) is 6.16. The van der Waals surface area contributed by atoms with E-state index in [-0.39, 0.29) is 0 Å². The summed E-state index contributed by atoms with van der Waals surface area (Å²) in [5, 5.41) is 4.64. The van der Waals surface area contributed by atoms with Gasteiger partial charge in [0.15, 0.2) is 5.13 Å². The summed E-state index contributed by atoms with van der Waals surface area (Å²) < 4.78 is 0. The van der Waals surface area contributed by atoms with Crippen molar-refractivity contribution in [2.75, 3.05) is 25.0 Å². The van der Waals surface area contributed by atoms with Gasteiger partial charge in [0.25, 0.3) is 0 Å². The average molecular weight is 269 g/mol. The third-order valence-corrected chi connectivity index (χ3v) is 4.54. The van der Waals surface area contributed by atoms with Crippen molar-refractivity contribution in [2.24, 2.45) is 5.92 Å². The number of nitrogens with one attached hydrogen (secondary N) is 1. The molecule has 2 unspecified atom stereocenters. The Morgan fingerprint density at radius 1 is 1.39 bits per heavy atom. The number of nitrogens with zero attached hydrogens (tertiary/aromatic N) is 2. The molecule has 4 heteroatoms. The lowest BCUT2D eigenvalue weighted by Gasteiger charge is -2.19. The third kappa shape index (κ3) is 4.58. The van der Waals surface area contributed by atoms with E-state index < -0.39 is 0 Å². The Kier molecular flexibility index (Phi) is 6.65. The summed E-state index contributed by atoms with van der Waals surface area (Å²) in [7, 11) is 2.14. The molecule has 104 valence electrons. The second kappa shape index (κ2) is 7.74. The molecule has 0 radical (unpaired) electrons. The lowest BCUT2D eigenvalue weighted by molar-refractivity contribution is 0.559. The van der Waals surface area contributed by atoms with Crippen LogP contribution in [0.15, 0.2) is 6.20 Å². The first-order valence-corrected chi connectivity index (χ1v) is 7.80. The zero-order valence-electron chi connectivity index (χ0n) is 12.4. The van der Waals surface area contributed by atoms with Gasteiger partial charge in [0.05, 0.1) is 0 Å². The number of hydrogen-bond acceptors (Lipinski definition) is 4. The Morgan fingerprint density at radius 3 is 2.72 bits per heavy atom. The van der Waals surface area contributed by atoms with Gasteiger partial charge in [0.1, 0.15) is 0 Å². The first-order valence-electron chi connectivity index (χ1n) is 6.98. The lowest BCUT2D eigenvalue weighted by Crippen LogP contribution is -2.23. The summed E-state index contributed by atoms with van der Waals surface area (Å²) in [6.07, 6.45) is 4.40. The molecule has 0 saturated carbocycles. The minimum absolute atomic E-state index is 0.410. The van der Waals surface area contributed by atoms with Crippen molar-refractivity contribution in [3.8, 4) is 0 Å². The van der Waals surface area contributed by atoms with Crippen molar-refractivity contribution in [3.63, 3.8) is 0 Å². The van der Waals surface area contributed by atoms with E-state index in [1.807, 2.05) is 6.20 Å². The second-order valence-electron chi connectivity index (χ2n) is 5.11. The molecule has 0 spiro atoms. The fraction of sp³-hybridized carbons (Fsp3) is 0.786. The van der Waals surface area contributed by atoms with E-state index in [4.69, 9.17) is 0 Å². The van der Waals surface area contributed by atoms with E-state index in [9.17, 15) is 0 Å². The molecule has 18 heavy (non-hydrogen) atoms. The van der Waals surface area contributed by atoms with Crippen LogP contribution in [0.4, 0.5) is 5.13 Å². The molecule has 0 aliphatic rings. The van der Waals surface area contributed by atoms with Gasteiger partial charge >= 0.3 is 0 Å². The van der Waals surface area contributed by atoms with Crippen LogP contribution >= 0.6 is 11.3 Å². The molecule has 0 fully saturated rings. The van der Waals surface area contributed by atoms with Crippen molar-refractivity contribution >= 4 is 16.5 Å². The minimum atomic E-state index is 0.410. The van der Waals surface area contributed by atoms with Crippen molar-refractivity contribution in [3.05, 3.63) is 11.1 Å². The Bertz CT molecular complexity index is 338. The predicted octanol–water partition coefficient (Wildman–Crippen LogP) is 3.69. The van der Waals surface area contributed by atoms with Crippen molar-refractivity contribution < 1.29 is 0 Å². The summed E-state index contributed by atoms with van der Waals surface area (Å²) >= 11 is 1.80. The Morgan fingerprint density at radius 2 is 2.11 bits per heavy atom. The quantitative estimate of drug-likeness (QED) is 0.780. The van der Waals surface area contributed by atoms with Crippen LogP contribution in [0.25, 0.3) is 0 Å². The first-order chi connectivity index (χ1) is 8.58. The van der Waals surface area contributed by atoms with Crippen LogP contribution in [-0.4, -0.2) is 25.1 Å². The summed E-state index contributed by atoms with van der Waals surface area (Å²) in [6.45, 7) is 11.1. The van der Waals surface area contributed by atoms with Crippen LogP contribution < -0.4 is 10.2 Å². The Hall–Kier alpha value is -0.610. The first kappa shape index (κ1) is 15.4. The van der Waals surface area contributed by atoms with Crippen molar-refractivity contribution in [1.82, 2.24) is 10.3 Å². The summed E-state index contributed by atoms with van der Waals surface area (Å²) in [6, 6.07) is 0.410. The van der Waals surface area contributed by atoms with Gasteiger partial charge in [-0.1, -0.05) is 27.2 Å². The Labute approximate surface area is 116 Å². The van der Waals surface area contributed by atoms with Gasteiger partial charge in [-0.2, -0.15) is 0 Å². The molecule has 1 aromatic heterocycles. The molecule has 0 aliphatic heterocycles. The highest BCUT2D eigenvalue weighted by Gasteiger charge is 2.13. The fourth-order valence-electron chi connectivity index (χ4n) is 1.79. The van der Waals surface area contributed by atoms with E-state index in [1.54, 1.807) is 11.3 Å². The lowest BCUT2D eigenvalue weighted by atomic mass is 10.1. The number of anilines is 1. The summed E-state index contributed by atoms with van der Waals surface area (Å²) in [5.41, 5.74) is 0. The van der Waals surface area contributed by atoms with E-state index in [0.717, 1.165) is 24.1 Å². The summed E-state index contributed by atoms with van der Waals surface area (Å²) in [5.74, 6) is 0.720. The molecular weight excluding hydrogens is 242 g/mol. The molecule has 0 bridgehead atoms. The predicted molar refractivity (Wildman–Crippen MR) is 81.5 cm³/mol. The van der Waals surface area contributed by atoms with Crippen molar-refractivity contribution in [1.29, 1.82) is 0 Å². The highest BCUT2D eigenvalue weighted by molar-refractivity contribution is 7.15. The summed E-state index contributed by atoms with van der Waals surface area (Å²) in [4.78, 5) is 8.14. The third-order valence-electron chi connectivity index (χ3n) is 3.25. The maximum absolute atomic E-state index is 4.54. The molecular formula is C14H27N3S.